The van der Waals surface area contributed by atoms with E-state index in [4.69, 9.17) is 10.2 Å². The molecule has 1 aromatic carbocycles. The Morgan fingerprint density at radius 1 is 1.30 bits per heavy atom. The van der Waals surface area contributed by atoms with Crippen LogP contribution in [0.15, 0.2) is 46.7 Å². The number of aryl methyl sites for hydroxylation is 1. The molecule has 0 aliphatic rings. The minimum Gasteiger partial charge on any atom is -0.444 e. The van der Waals surface area contributed by atoms with E-state index in [1.54, 1.807) is 18.3 Å². The third-order valence-corrected chi connectivity index (χ3v) is 4.05. The van der Waals surface area contributed by atoms with Gasteiger partial charge in [0.2, 0.25) is 0 Å². The van der Waals surface area contributed by atoms with Crippen molar-refractivity contribution < 1.29 is 9.21 Å². The van der Waals surface area contributed by atoms with Crippen molar-refractivity contribution in [1.82, 2.24) is 15.3 Å². The molecule has 1 amide bonds. The number of hydrogen-bond acceptors (Lipinski definition) is 6. The number of aromatic nitrogens is 2. The molecule has 3 N–H and O–H groups in total. The molecule has 2 heterocycles. The van der Waals surface area contributed by atoms with Gasteiger partial charge in [-0.3, -0.25) is 4.79 Å². The van der Waals surface area contributed by atoms with E-state index in [-0.39, 0.29) is 5.91 Å². The average molecular weight is 328 g/mol. The summed E-state index contributed by atoms with van der Waals surface area (Å²) in [4.78, 5) is 20.1. The Morgan fingerprint density at radius 3 is 2.78 bits per heavy atom. The van der Waals surface area contributed by atoms with Crippen LogP contribution in [0.4, 0.5) is 5.13 Å². The molecular formula is C16H16N4O2S. The van der Waals surface area contributed by atoms with Gasteiger partial charge in [-0.2, -0.15) is 0 Å². The number of nitrogens with one attached hydrogen (secondary N) is 1. The molecule has 0 radical (unpaired) electrons. The van der Waals surface area contributed by atoms with Gasteiger partial charge in [-0.15, -0.1) is 11.3 Å². The third kappa shape index (κ3) is 3.95. The second kappa shape index (κ2) is 7.06. The summed E-state index contributed by atoms with van der Waals surface area (Å²) in [6.45, 7) is 0.597. The summed E-state index contributed by atoms with van der Waals surface area (Å²) in [5.74, 6) is 0.589. The number of hydrogen-bond donors (Lipinski definition) is 2. The zero-order valence-electron chi connectivity index (χ0n) is 12.4. The van der Waals surface area contributed by atoms with Gasteiger partial charge in [0, 0.05) is 23.1 Å². The van der Waals surface area contributed by atoms with Gasteiger partial charge in [-0.1, -0.05) is 12.1 Å². The topological polar surface area (TPSA) is 94.0 Å². The molecular weight excluding hydrogens is 312 g/mol. The van der Waals surface area contributed by atoms with E-state index in [0.29, 0.717) is 23.0 Å². The van der Waals surface area contributed by atoms with Gasteiger partial charge in [0.25, 0.3) is 5.91 Å². The Morgan fingerprint density at radius 2 is 2.13 bits per heavy atom. The first-order valence-electron chi connectivity index (χ1n) is 7.19. The fraction of sp³-hybridized carbons (Fsp3) is 0.188. The number of carbonyl (C=O) groups is 1. The van der Waals surface area contributed by atoms with Crippen molar-refractivity contribution in [2.75, 3.05) is 12.3 Å². The van der Waals surface area contributed by atoms with E-state index in [1.165, 1.54) is 17.7 Å². The minimum absolute atomic E-state index is 0.0908. The Balaban J connectivity index is 1.48. The van der Waals surface area contributed by atoms with E-state index in [9.17, 15) is 4.79 Å². The molecule has 0 aliphatic heterocycles. The maximum absolute atomic E-state index is 12.1. The van der Waals surface area contributed by atoms with Crippen LogP contribution in [-0.2, 0) is 6.42 Å². The maximum Gasteiger partial charge on any atom is 0.251 e. The van der Waals surface area contributed by atoms with Crippen molar-refractivity contribution in [2.45, 2.75) is 12.8 Å². The fourth-order valence-electron chi connectivity index (χ4n) is 2.16. The van der Waals surface area contributed by atoms with E-state index in [2.05, 4.69) is 15.3 Å². The summed E-state index contributed by atoms with van der Waals surface area (Å²) in [5.41, 5.74) is 8.06. The lowest BCUT2D eigenvalue weighted by molar-refractivity contribution is 0.0953. The highest BCUT2D eigenvalue weighted by atomic mass is 32.1. The number of nitrogens with zero attached hydrogens (tertiary/aromatic N) is 2. The normalized spacial score (nSPS) is 10.6. The van der Waals surface area contributed by atoms with E-state index in [1.807, 2.05) is 17.5 Å². The van der Waals surface area contributed by atoms with Crippen LogP contribution in [0, 0.1) is 0 Å². The van der Waals surface area contributed by atoms with Crippen LogP contribution in [0.2, 0.25) is 0 Å². The molecule has 2 aromatic heterocycles. The smallest absolute Gasteiger partial charge is 0.251 e. The minimum atomic E-state index is -0.0908. The van der Waals surface area contributed by atoms with Gasteiger partial charge in [0.1, 0.15) is 0 Å². The number of carbonyl (C=O) groups excluding carboxylic acids is 1. The quantitative estimate of drug-likeness (QED) is 0.679. The Bertz CT molecular complexity index is 766. The molecule has 23 heavy (non-hydrogen) atoms. The lowest BCUT2D eigenvalue weighted by Gasteiger charge is -2.05. The standard InChI is InChI=1S/C16H16N4O2S/c17-16-20-13(9-23-16)2-1-7-19-15(21)12-5-3-11(4-6-12)14-8-18-10-22-14/h3-6,8-10H,1-2,7H2,(H2,17,20)(H,19,21). The molecule has 0 saturated heterocycles. The molecule has 0 atom stereocenters. The molecule has 0 bridgehead atoms. The van der Waals surface area contributed by atoms with Gasteiger partial charge >= 0.3 is 0 Å². The number of amides is 1. The van der Waals surface area contributed by atoms with Gasteiger partial charge < -0.3 is 15.5 Å². The SMILES string of the molecule is Nc1nc(CCCNC(=O)c2ccc(-c3cnco3)cc2)cs1. The highest BCUT2D eigenvalue weighted by molar-refractivity contribution is 7.13. The van der Waals surface area contributed by atoms with Gasteiger partial charge in [0.05, 0.1) is 11.9 Å². The first kappa shape index (κ1) is 15.2. The third-order valence-electron chi connectivity index (χ3n) is 3.33. The van der Waals surface area contributed by atoms with Crippen molar-refractivity contribution >= 4 is 22.4 Å². The highest BCUT2D eigenvalue weighted by Gasteiger charge is 2.07. The zero-order chi connectivity index (χ0) is 16.1. The van der Waals surface area contributed by atoms with Crippen LogP contribution in [0.1, 0.15) is 22.5 Å². The van der Waals surface area contributed by atoms with Crippen molar-refractivity contribution in [2.24, 2.45) is 0 Å². The summed E-state index contributed by atoms with van der Waals surface area (Å²) in [5, 5.41) is 5.42. The monoisotopic (exact) mass is 328 g/mol. The lowest BCUT2D eigenvalue weighted by Crippen LogP contribution is -2.24. The number of benzene rings is 1. The van der Waals surface area contributed by atoms with E-state index >= 15 is 0 Å². The van der Waals surface area contributed by atoms with E-state index in [0.717, 1.165) is 24.1 Å². The number of nitrogen functional groups attached to an aromatic ring is 1. The van der Waals surface area contributed by atoms with Crippen LogP contribution in [0.5, 0.6) is 0 Å². The second-order valence-electron chi connectivity index (χ2n) is 4.98. The summed E-state index contributed by atoms with van der Waals surface area (Å²) in [6, 6.07) is 7.23. The molecule has 3 rings (SSSR count). The zero-order valence-corrected chi connectivity index (χ0v) is 13.2. The average Bonchev–Trinajstić information content (AvgIpc) is 3.23. The Hall–Kier alpha value is -2.67. The predicted molar refractivity (Wildman–Crippen MR) is 89.1 cm³/mol. The number of anilines is 1. The first-order valence-corrected chi connectivity index (χ1v) is 8.07. The number of oxazole rings is 1. The van der Waals surface area contributed by atoms with Crippen LogP contribution < -0.4 is 11.1 Å². The van der Waals surface area contributed by atoms with Crippen molar-refractivity contribution in [1.29, 1.82) is 0 Å². The number of thiazole rings is 1. The summed E-state index contributed by atoms with van der Waals surface area (Å²) >= 11 is 1.43. The van der Waals surface area contributed by atoms with Crippen molar-refractivity contribution in [3.63, 3.8) is 0 Å². The van der Waals surface area contributed by atoms with Crippen LogP contribution in [0.25, 0.3) is 11.3 Å². The van der Waals surface area contributed by atoms with E-state index < -0.39 is 0 Å². The van der Waals surface area contributed by atoms with Crippen molar-refractivity contribution in [3.8, 4) is 11.3 Å². The van der Waals surface area contributed by atoms with Gasteiger partial charge in [-0.25, -0.2) is 9.97 Å². The molecule has 0 aliphatic carbocycles. The summed E-state index contributed by atoms with van der Waals surface area (Å²) in [7, 11) is 0. The van der Waals surface area contributed by atoms with Crippen LogP contribution in [-0.4, -0.2) is 22.4 Å². The molecule has 3 aromatic rings. The molecule has 0 saturated carbocycles. The fourth-order valence-corrected chi connectivity index (χ4v) is 2.75. The van der Waals surface area contributed by atoms with Crippen LogP contribution >= 0.6 is 11.3 Å². The molecule has 6 nitrogen and oxygen atoms in total. The maximum atomic E-state index is 12.1. The van der Waals surface area contributed by atoms with Gasteiger partial charge in [0.15, 0.2) is 17.3 Å². The molecule has 0 spiro atoms. The molecule has 0 fully saturated rings. The van der Waals surface area contributed by atoms with Crippen LogP contribution in [0.3, 0.4) is 0 Å². The second-order valence-corrected chi connectivity index (χ2v) is 5.87. The molecule has 0 unspecified atom stereocenters. The Kier molecular flexibility index (Phi) is 4.68. The molecule has 118 valence electrons. The van der Waals surface area contributed by atoms with Gasteiger partial charge in [-0.05, 0) is 25.0 Å². The predicted octanol–water partition coefficient (Wildman–Crippen LogP) is 2.74. The first-order chi connectivity index (χ1) is 11.2. The number of nitrogens with two attached hydrogens (primary N) is 1. The lowest BCUT2D eigenvalue weighted by atomic mass is 10.1. The highest BCUT2D eigenvalue weighted by Crippen LogP contribution is 2.18. The van der Waals surface area contributed by atoms with Crippen molar-refractivity contribution in [3.05, 3.63) is 53.5 Å². The number of rotatable bonds is 6. The summed E-state index contributed by atoms with van der Waals surface area (Å²) < 4.78 is 5.22. The largest absolute Gasteiger partial charge is 0.444 e. The molecule has 7 heteroatoms. The summed E-state index contributed by atoms with van der Waals surface area (Å²) in [6.07, 6.45) is 4.65. The Labute approximate surface area is 137 Å².